The number of aromatic nitrogens is 1. The van der Waals surface area contributed by atoms with Crippen molar-refractivity contribution >= 4 is 52.4 Å². The molecule has 16 heteroatoms. The molecule has 2 aliphatic rings. The molecule has 2 heterocycles. The van der Waals surface area contributed by atoms with E-state index in [-0.39, 0.29) is 72.2 Å². The summed E-state index contributed by atoms with van der Waals surface area (Å²) in [6.07, 6.45) is -7.40. The Morgan fingerprint density at radius 2 is 1.88 bits per heavy atom. The summed E-state index contributed by atoms with van der Waals surface area (Å²) < 4.78 is 70.0. The van der Waals surface area contributed by atoms with Gasteiger partial charge in [-0.1, -0.05) is 29.3 Å². The van der Waals surface area contributed by atoms with Crippen LogP contribution >= 0.6 is 23.2 Å². The van der Waals surface area contributed by atoms with Crippen molar-refractivity contribution in [2.45, 2.75) is 63.7 Å². The summed E-state index contributed by atoms with van der Waals surface area (Å²) >= 11 is 12.9. The number of rotatable bonds is 9. The summed E-state index contributed by atoms with van der Waals surface area (Å²) in [6.45, 7) is -1.01. The molecule has 1 saturated carbocycles. The number of ether oxygens (including phenoxy) is 1. The van der Waals surface area contributed by atoms with Crippen molar-refractivity contribution in [1.29, 1.82) is 5.26 Å². The first-order chi connectivity index (χ1) is 20.3. The Bertz CT molecular complexity index is 1460. The maximum Gasteiger partial charge on any atom is 0.391 e. The summed E-state index contributed by atoms with van der Waals surface area (Å²) in [7, 11) is 0. The highest BCUT2D eigenvalue weighted by atomic mass is 35.5. The number of pyridine rings is 1. The first kappa shape index (κ1) is 32.2. The lowest BCUT2D eigenvalue weighted by atomic mass is 9.85. The number of nitrogens with zero attached hydrogens (tertiary/aromatic N) is 3. The number of fused-ring (bicyclic) bond motifs is 1. The van der Waals surface area contributed by atoms with Crippen LogP contribution in [0, 0.1) is 17.2 Å². The number of carbonyl (C=O) groups is 2. The van der Waals surface area contributed by atoms with Crippen LogP contribution < -0.4 is 20.7 Å². The number of halogens is 7. The molecule has 0 bridgehead atoms. The van der Waals surface area contributed by atoms with E-state index in [0.717, 1.165) is 0 Å². The van der Waals surface area contributed by atoms with Crippen molar-refractivity contribution in [3.8, 4) is 11.9 Å². The van der Waals surface area contributed by atoms with Crippen LogP contribution in [-0.2, 0) is 17.8 Å². The molecule has 2 aromatic rings. The van der Waals surface area contributed by atoms with Crippen LogP contribution in [0.1, 0.15) is 53.6 Å². The molecule has 43 heavy (non-hydrogen) atoms. The molecule has 2 amide bonds. The molecule has 0 radical (unpaired) electrons. The molecule has 1 fully saturated rings. The van der Waals surface area contributed by atoms with Crippen molar-refractivity contribution in [3.05, 3.63) is 44.9 Å². The Morgan fingerprint density at radius 3 is 2.53 bits per heavy atom. The highest BCUT2D eigenvalue weighted by molar-refractivity contribution is 6.40. The van der Waals surface area contributed by atoms with E-state index >= 15 is 0 Å². The van der Waals surface area contributed by atoms with Gasteiger partial charge in [-0.3, -0.25) is 9.59 Å². The Hall–Kier alpha value is -3.70. The number of carbonyl (C=O) groups excluding carboxylic acids is 2. The number of anilines is 1. The van der Waals surface area contributed by atoms with E-state index in [1.165, 1.54) is 6.07 Å². The number of amidine groups is 1. The van der Waals surface area contributed by atoms with E-state index in [0.29, 0.717) is 17.0 Å². The topological polar surface area (TPSA) is 128 Å². The fourth-order valence-corrected chi connectivity index (χ4v) is 5.27. The molecule has 230 valence electrons. The third kappa shape index (κ3) is 8.23. The average Bonchev–Trinajstić information content (AvgIpc) is 3.34. The van der Waals surface area contributed by atoms with Crippen molar-refractivity contribution < 1.29 is 36.3 Å². The van der Waals surface area contributed by atoms with Gasteiger partial charge < -0.3 is 20.7 Å². The number of hydrogen-bond acceptors (Lipinski definition) is 7. The van der Waals surface area contributed by atoms with E-state index in [4.69, 9.17) is 33.2 Å². The predicted molar refractivity (Wildman–Crippen MR) is 148 cm³/mol. The number of benzene rings is 1. The highest BCUT2D eigenvalue weighted by Gasteiger charge is 2.41. The molecular formula is C27H25Cl2F5N6O3. The van der Waals surface area contributed by atoms with Gasteiger partial charge in [0.2, 0.25) is 11.8 Å². The van der Waals surface area contributed by atoms with E-state index < -0.39 is 48.9 Å². The minimum atomic E-state index is -4.30. The number of nitrogens with one attached hydrogen (secondary N) is 3. The second-order valence-corrected chi connectivity index (χ2v) is 10.7. The number of aliphatic imine (C=N–C) groups is 1. The third-order valence-electron chi connectivity index (χ3n) is 6.91. The van der Waals surface area contributed by atoms with E-state index in [1.807, 2.05) is 0 Å². The van der Waals surface area contributed by atoms with Crippen LogP contribution in [0.15, 0.2) is 23.2 Å². The summed E-state index contributed by atoms with van der Waals surface area (Å²) in [6, 6.07) is 5.75. The first-order valence-corrected chi connectivity index (χ1v) is 13.9. The van der Waals surface area contributed by atoms with Gasteiger partial charge in [-0.25, -0.2) is 13.8 Å². The lowest BCUT2D eigenvalue weighted by Crippen LogP contribution is -2.40. The van der Waals surface area contributed by atoms with Crippen molar-refractivity contribution in [1.82, 2.24) is 15.6 Å². The van der Waals surface area contributed by atoms with Gasteiger partial charge in [-0.05, 0) is 43.4 Å². The van der Waals surface area contributed by atoms with Crippen LogP contribution in [0.4, 0.5) is 33.5 Å². The zero-order chi connectivity index (χ0) is 31.3. The monoisotopic (exact) mass is 646 g/mol. The lowest BCUT2D eigenvalue weighted by Gasteiger charge is -2.30. The molecule has 9 nitrogen and oxygen atoms in total. The van der Waals surface area contributed by atoms with Gasteiger partial charge in [0.15, 0.2) is 12.4 Å². The smallest absolute Gasteiger partial charge is 0.391 e. The van der Waals surface area contributed by atoms with Gasteiger partial charge in [0, 0.05) is 24.6 Å². The second-order valence-electron chi connectivity index (χ2n) is 9.96. The summed E-state index contributed by atoms with van der Waals surface area (Å²) in [5, 5.41) is 17.3. The third-order valence-corrected chi connectivity index (χ3v) is 7.66. The molecular weight excluding hydrogens is 622 g/mol. The summed E-state index contributed by atoms with van der Waals surface area (Å²) in [5.74, 6) is -2.62. The molecule has 1 aliphatic carbocycles. The average molecular weight is 647 g/mol. The Labute approximate surface area is 252 Å². The molecule has 1 aliphatic heterocycles. The van der Waals surface area contributed by atoms with E-state index in [1.54, 1.807) is 18.2 Å². The minimum Gasteiger partial charge on any atom is -0.471 e. The van der Waals surface area contributed by atoms with Gasteiger partial charge in [-0.2, -0.15) is 23.4 Å². The van der Waals surface area contributed by atoms with Crippen molar-refractivity contribution in [2.24, 2.45) is 10.9 Å². The number of amides is 2. The van der Waals surface area contributed by atoms with Crippen LogP contribution in [0.2, 0.25) is 10.0 Å². The number of nitriles is 1. The van der Waals surface area contributed by atoms with Gasteiger partial charge in [0.05, 0.1) is 27.7 Å². The van der Waals surface area contributed by atoms with Gasteiger partial charge in [0.25, 0.3) is 12.3 Å². The van der Waals surface area contributed by atoms with Crippen LogP contribution in [0.25, 0.3) is 0 Å². The number of alkyl halides is 5. The normalized spacial score (nSPS) is 18.0. The summed E-state index contributed by atoms with van der Waals surface area (Å²) in [5.41, 5.74) is 1.06. The predicted octanol–water partition coefficient (Wildman–Crippen LogP) is 6.11. The van der Waals surface area contributed by atoms with Crippen LogP contribution in [0.3, 0.4) is 0 Å². The molecule has 0 atom stereocenters. The maximum absolute atomic E-state index is 13.1. The van der Waals surface area contributed by atoms with Crippen molar-refractivity contribution in [3.63, 3.8) is 0 Å². The Balaban J connectivity index is 1.50. The largest absolute Gasteiger partial charge is 0.471 e. The first-order valence-electron chi connectivity index (χ1n) is 13.1. The summed E-state index contributed by atoms with van der Waals surface area (Å²) in [4.78, 5) is 33.3. The standard InChI is InChI=1S/C27H25Cl2F5N6O3/c28-18-6-1-13(11-36-21(41)7-8-35)22(29)23(18)38-20-10-14-9-17(26(40-24(14)39-20)43-12-19(30)31)25(42)37-16-4-2-15(3-5-16)27(32,33)34/h1,6,9,15-16,19H,2-5,7,10-12H2,(H,36,41)(H,37,42)(H,38,39,40). The Morgan fingerprint density at radius 1 is 1.16 bits per heavy atom. The molecule has 4 rings (SSSR count). The number of hydrogen-bond donors (Lipinski definition) is 3. The molecule has 1 aromatic carbocycles. The zero-order valence-corrected chi connectivity index (χ0v) is 23.8. The highest BCUT2D eigenvalue weighted by Crippen LogP contribution is 2.38. The van der Waals surface area contributed by atoms with Crippen LogP contribution in [-0.4, -0.2) is 47.9 Å². The van der Waals surface area contributed by atoms with Gasteiger partial charge in [-0.15, -0.1) is 0 Å². The molecule has 0 saturated heterocycles. The lowest BCUT2D eigenvalue weighted by molar-refractivity contribution is -0.182. The van der Waals surface area contributed by atoms with Crippen molar-refractivity contribution in [2.75, 3.05) is 11.9 Å². The molecule has 3 N–H and O–H groups in total. The van der Waals surface area contributed by atoms with Crippen LogP contribution in [0.5, 0.6) is 5.88 Å². The Kier molecular flexibility index (Phi) is 10.3. The fourth-order valence-electron chi connectivity index (χ4n) is 4.74. The quantitative estimate of drug-likeness (QED) is 0.282. The zero-order valence-electron chi connectivity index (χ0n) is 22.3. The van der Waals surface area contributed by atoms with Gasteiger partial charge >= 0.3 is 6.18 Å². The van der Waals surface area contributed by atoms with E-state index in [2.05, 4.69) is 25.9 Å². The fraction of sp³-hybridized carbons (Fsp3) is 0.444. The van der Waals surface area contributed by atoms with E-state index in [9.17, 15) is 31.5 Å². The van der Waals surface area contributed by atoms with Gasteiger partial charge in [0.1, 0.15) is 17.8 Å². The maximum atomic E-state index is 13.1. The molecule has 0 unspecified atom stereocenters. The minimum absolute atomic E-state index is 0.0284. The SMILES string of the molecule is N#CCC(=O)NCc1ccc(Cl)c(NC2=Nc3nc(OCC(F)F)c(C(=O)NC4CCC(C(F)(F)F)CC4)cc3C2)c1Cl. The molecule has 0 spiro atoms. The molecule has 1 aromatic heterocycles. The second kappa shape index (κ2) is 13.7.